The van der Waals surface area contributed by atoms with Crippen LogP contribution in [0.5, 0.6) is 0 Å². The molecule has 0 N–H and O–H groups in total. The Hall–Kier alpha value is -0.0431. The second-order valence-electron chi connectivity index (χ2n) is 3.20. The van der Waals surface area contributed by atoms with E-state index in [2.05, 4.69) is 0 Å². The van der Waals surface area contributed by atoms with E-state index in [1.165, 1.54) is 35.9 Å². The molecule has 2 rings (SSSR count). The highest BCUT2D eigenvalue weighted by atomic mass is 28.1. The molecule has 0 spiro atoms. The third-order valence-electron chi connectivity index (χ3n) is 2.59. The summed E-state index contributed by atoms with van der Waals surface area (Å²) in [6, 6.07) is 0. The first-order chi connectivity index (χ1) is 3.86. The first-order valence-electron chi connectivity index (χ1n) is 3.54. The average Bonchev–Trinajstić information content (AvgIpc) is 2.23. The molecule has 1 heteroatoms. The summed E-state index contributed by atoms with van der Waals surface area (Å²) in [6.07, 6.45) is 5.95. The summed E-state index contributed by atoms with van der Waals surface area (Å²) in [5.74, 6) is 1.11. The fourth-order valence-electron chi connectivity index (χ4n) is 2.07. The molecule has 0 aliphatic heterocycles. The Morgan fingerprint density at radius 3 is 2.50 bits per heavy atom. The summed E-state index contributed by atoms with van der Waals surface area (Å²) in [5.41, 5.74) is 1.85. The smallest absolute Gasteiger partial charge is 0.0332 e. The van der Waals surface area contributed by atoms with Crippen LogP contribution in [-0.2, 0) is 0 Å². The van der Waals surface area contributed by atoms with Crippen LogP contribution < -0.4 is 0 Å². The van der Waals surface area contributed by atoms with Gasteiger partial charge in [-0.3, -0.25) is 0 Å². The topological polar surface area (TPSA) is 0 Å². The van der Waals surface area contributed by atoms with E-state index in [-0.39, 0.29) is 0 Å². The zero-order valence-corrected chi connectivity index (χ0v) is 7.41. The minimum atomic E-state index is 1.11. The Bertz CT molecular complexity index is 144. The summed E-state index contributed by atoms with van der Waals surface area (Å²) in [6.45, 7) is 0. The van der Waals surface area contributed by atoms with E-state index in [9.17, 15) is 0 Å². The number of hydrogen-bond donors (Lipinski definition) is 0. The number of allylic oxidation sites excluding steroid dienone is 2. The predicted molar refractivity (Wildman–Crippen MR) is 38.9 cm³/mol. The van der Waals surface area contributed by atoms with E-state index in [4.69, 9.17) is 0 Å². The van der Waals surface area contributed by atoms with Gasteiger partial charge in [-0.15, -0.1) is 0 Å². The van der Waals surface area contributed by atoms with Gasteiger partial charge in [-0.05, 0) is 31.6 Å². The van der Waals surface area contributed by atoms with Crippen molar-refractivity contribution in [2.45, 2.75) is 25.7 Å². The minimum Gasteiger partial charge on any atom is -0.0923 e. The predicted octanol–water partition coefficient (Wildman–Crippen LogP) is 0.810. The van der Waals surface area contributed by atoms with E-state index in [0.717, 1.165) is 5.92 Å². The third-order valence-corrected chi connectivity index (χ3v) is 3.70. The molecular weight excluding hydrogens is 112 g/mol. The normalized spacial score (nSPS) is 35.2. The van der Waals surface area contributed by atoms with Crippen molar-refractivity contribution in [2.75, 3.05) is 0 Å². The quantitative estimate of drug-likeness (QED) is 0.419. The molecule has 2 bridgehead atoms. The highest BCUT2D eigenvalue weighted by Crippen LogP contribution is 2.42. The van der Waals surface area contributed by atoms with Crippen molar-refractivity contribution in [1.82, 2.24) is 0 Å². The lowest BCUT2D eigenvalue weighted by Crippen LogP contribution is -1.92. The zero-order valence-electron chi connectivity index (χ0n) is 5.41. The highest BCUT2D eigenvalue weighted by Gasteiger charge is 2.26. The molecule has 0 aromatic heterocycles. The van der Waals surface area contributed by atoms with E-state index >= 15 is 0 Å². The molecule has 0 nitrogen and oxygen atoms in total. The van der Waals surface area contributed by atoms with Crippen molar-refractivity contribution in [3.05, 3.63) is 10.8 Å². The molecule has 0 amide bonds. The fourth-order valence-corrected chi connectivity index (χ4v) is 3.10. The van der Waals surface area contributed by atoms with Gasteiger partial charge < -0.3 is 0 Å². The maximum absolute atomic E-state index is 1.85. The van der Waals surface area contributed by atoms with Crippen molar-refractivity contribution >= 4 is 10.2 Å². The van der Waals surface area contributed by atoms with Crippen molar-refractivity contribution in [2.24, 2.45) is 5.92 Å². The molecular formula is C7H12Si. The SMILES string of the molecule is [SiH3]C1=C2CCC(C1)C2. The summed E-state index contributed by atoms with van der Waals surface area (Å²) < 4.78 is 0. The van der Waals surface area contributed by atoms with Crippen LogP contribution in [0.3, 0.4) is 0 Å². The van der Waals surface area contributed by atoms with E-state index in [1.54, 1.807) is 0 Å². The molecule has 1 unspecified atom stereocenters. The van der Waals surface area contributed by atoms with Crippen LogP contribution in [0.2, 0.25) is 0 Å². The van der Waals surface area contributed by atoms with Gasteiger partial charge in [0.05, 0.1) is 0 Å². The van der Waals surface area contributed by atoms with Gasteiger partial charge >= 0.3 is 0 Å². The monoisotopic (exact) mass is 124 g/mol. The van der Waals surface area contributed by atoms with Crippen LogP contribution in [0.4, 0.5) is 0 Å². The summed E-state index contributed by atoms with van der Waals surface area (Å²) in [7, 11) is 1.36. The summed E-state index contributed by atoms with van der Waals surface area (Å²) in [4.78, 5) is 0. The van der Waals surface area contributed by atoms with Crippen LogP contribution in [0, 0.1) is 5.92 Å². The van der Waals surface area contributed by atoms with Crippen molar-refractivity contribution < 1.29 is 0 Å². The lowest BCUT2D eigenvalue weighted by molar-refractivity contribution is 0.572. The highest BCUT2D eigenvalue weighted by molar-refractivity contribution is 6.22. The molecule has 2 aliphatic carbocycles. The Kier molecular flexibility index (Phi) is 0.882. The van der Waals surface area contributed by atoms with Gasteiger partial charge in [0.25, 0.3) is 0 Å². The average molecular weight is 124 g/mol. The molecule has 1 saturated carbocycles. The van der Waals surface area contributed by atoms with Gasteiger partial charge in [-0.25, -0.2) is 0 Å². The van der Waals surface area contributed by atoms with E-state index in [1.807, 2.05) is 10.8 Å². The number of rotatable bonds is 0. The third kappa shape index (κ3) is 0.509. The second-order valence-corrected chi connectivity index (χ2v) is 4.40. The Morgan fingerprint density at radius 1 is 1.38 bits per heavy atom. The number of fused-ring (bicyclic) bond motifs is 2. The molecule has 0 aromatic rings. The fraction of sp³-hybridized carbons (Fsp3) is 0.714. The molecule has 44 valence electrons. The first kappa shape index (κ1) is 4.80. The van der Waals surface area contributed by atoms with Crippen LogP contribution in [0.1, 0.15) is 25.7 Å². The van der Waals surface area contributed by atoms with Gasteiger partial charge in [-0.2, -0.15) is 0 Å². The summed E-state index contributed by atoms with van der Waals surface area (Å²) in [5, 5.41) is 1.85. The van der Waals surface area contributed by atoms with Gasteiger partial charge in [-0.1, -0.05) is 10.8 Å². The van der Waals surface area contributed by atoms with E-state index in [0.29, 0.717) is 0 Å². The molecule has 0 heterocycles. The molecule has 1 fully saturated rings. The Morgan fingerprint density at radius 2 is 2.25 bits per heavy atom. The molecule has 0 aromatic carbocycles. The van der Waals surface area contributed by atoms with Crippen molar-refractivity contribution in [1.29, 1.82) is 0 Å². The van der Waals surface area contributed by atoms with Crippen molar-refractivity contribution in [3.63, 3.8) is 0 Å². The number of hydrogen-bond acceptors (Lipinski definition) is 0. The van der Waals surface area contributed by atoms with Gasteiger partial charge in [0.15, 0.2) is 0 Å². The Balaban J connectivity index is 2.33. The van der Waals surface area contributed by atoms with Gasteiger partial charge in [0.2, 0.25) is 0 Å². The van der Waals surface area contributed by atoms with Crippen LogP contribution in [0.25, 0.3) is 0 Å². The molecule has 0 saturated heterocycles. The standard InChI is InChI=1S/C7H12Si/c8-7-4-5-1-2-6(7)3-5/h5H,1-4H2,8H3. The van der Waals surface area contributed by atoms with Crippen LogP contribution in [0.15, 0.2) is 10.8 Å². The molecule has 2 aliphatic rings. The second kappa shape index (κ2) is 1.47. The largest absolute Gasteiger partial charge is 0.0923 e. The van der Waals surface area contributed by atoms with E-state index < -0.39 is 0 Å². The van der Waals surface area contributed by atoms with Gasteiger partial charge in [0, 0.05) is 10.2 Å². The summed E-state index contributed by atoms with van der Waals surface area (Å²) >= 11 is 0. The molecule has 1 atom stereocenters. The first-order valence-corrected chi connectivity index (χ1v) is 4.54. The molecule has 8 heavy (non-hydrogen) atoms. The van der Waals surface area contributed by atoms with Gasteiger partial charge in [0.1, 0.15) is 0 Å². The lowest BCUT2D eigenvalue weighted by atomic mass is 10.1. The minimum absolute atomic E-state index is 1.11. The Labute approximate surface area is 53.4 Å². The van der Waals surface area contributed by atoms with Crippen molar-refractivity contribution in [3.8, 4) is 0 Å². The lowest BCUT2D eigenvalue weighted by Gasteiger charge is -2.05. The molecule has 0 radical (unpaired) electrons. The maximum Gasteiger partial charge on any atom is 0.0332 e. The zero-order chi connectivity index (χ0) is 5.56. The van der Waals surface area contributed by atoms with Crippen LogP contribution >= 0.6 is 0 Å². The van der Waals surface area contributed by atoms with Crippen LogP contribution in [-0.4, -0.2) is 10.2 Å². The maximum atomic E-state index is 1.85.